The van der Waals surface area contributed by atoms with E-state index in [9.17, 15) is 18.0 Å². The standard InChI is InChI=1S/C17H19F3N4O3/c1-12-9-14(22-27-12)11-23-5-7-24(8-6-23)16(25)21-13-3-2-4-15(10-13)26-17(18,19)20/h2-4,9-10H,5-8,11H2,1H3,(H,21,25). The molecule has 2 aromatic rings. The number of hydrogen-bond acceptors (Lipinski definition) is 5. The Hall–Kier alpha value is -2.75. The molecule has 3 rings (SSSR count). The number of amides is 2. The minimum absolute atomic E-state index is 0.238. The van der Waals surface area contributed by atoms with E-state index in [2.05, 4.69) is 20.1 Å². The first-order chi connectivity index (χ1) is 12.8. The largest absolute Gasteiger partial charge is 0.573 e. The van der Waals surface area contributed by atoms with Gasteiger partial charge in [-0.2, -0.15) is 0 Å². The van der Waals surface area contributed by atoms with Crippen molar-refractivity contribution in [3.05, 3.63) is 41.8 Å². The lowest BCUT2D eigenvalue weighted by atomic mass is 10.3. The van der Waals surface area contributed by atoms with Crippen LogP contribution in [0.3, 0.4) is 0 Å². The molecule has 0 spiro atoms. The first kappa shape index (κ1) is 19.0. The van der Waals surface area contributed by atoms with Crippen LogP contribution in [0, 0.1) is 6.92 Å². The van der Waals surface area contributed by atoms with E-state index in [4.69, 9.17) is 4.52 Å². The zero-order chi connectivity index (χ0) is 19.4. The summed E-state index contributed by atoms with van der Waals surface area (Å²) in [7, 11) is 0. The maximum Gasteiger partial charge on any atom is 0.573 e. The van der Waals surface area contributed by atoms with E-state index in [1.807, 2.05) is 13.0 Å². The Morgan fingerprint density at radius 3 is 2.63 bits per heavy atom. The molecule has 1 N–H and O–H groups in total. The minimum atomic E-state index is -4.78. The van der Waals surface area contributed by atoms with Gasteiger partial charge >= 0.3 is 12.4 Å². The van der Waals surface area contributed by atoms with E-state index in [1.54, 1.807) is 4.90 Å². The van der Waals surface area contributed by atoms with Gasteiger partial charge in [-0.25, -0.2) is 4.79 Å². The maximum atomic E-state index is 12.3. The predicted octanol–water partition coefficient (Wildman–Crippen LogP) is 3.23. The number of piperazine rings is 1. The van der Waals surface area contributed by atoms with Crippen molar-refractivity contribution in [2.45, 2.75) is 19.8 Å². The van der Waals surface area contributed by atoms with Crippen LogP contribution in [0.4, 0.5) is 23.7 Å². The molecule has 7 nitrogen and oxygen atoms in total. The maximum absolute atomic E-state index is 12.3. The molecule has 146 valence electrons. The Morgan fingerprint density at radius 2 is 2.00 bits per heavy atom. The van der Waals surface area contributed by atoms with E-state index in [0.29, 0.717) is 32.7 Å². The monoisotopic (exact) mass is 384 g/mol. The third-order valence-corrected chi connectivity index (χ3v) is 4.04. The van der Waals surface area contributed by atoms with Crippen molar-refractivity contribution in [1.29, 1.82) is 0 Å². The fraction of sp³-hybridized carbons (Fsp3) is 0.412. The Kier molecular flexibility index (Phi) is 5.54. The van der Waals surface area contributed by atoms with Gasteiger partial charge in [-0.05, 0) is 19.1 Å². The van der Waals surface area contributed by atoms with Gasteiger partial charge in [0.25, 0.3) is 0 Å². The van der Waals surface area contributed by atoms with E-state index < -0.39 is 6.36 Å². The minimum Gasteiger partial charge on any atom is -0.406 e. The average Bonchev–Trinajstić information content (AvgIpc) is 2.99. The van der Waals surface area contributed by atoms with Gasteiger partial charge in [-0.3, -0.25) is 4.90 Å². The van der Waals surface area contributed by atoms with Crippen molar-refractivity contribution in [2.75, 3.05) is 31.5 Å². The molecule has 0 unspecified atom stereocenters. The van der Waals surface area contributed by atoms with Crippen molar-refractivity contribution in [2.24, 2.45) is 0 Å². The van der Waals surface area contributed by atoms with E-state index >= 15 is 0 Å². The van der Waals surface area contributed by atoms with Crippen molar-refractivity contribution in [3.63, 3.8) is 0 Å². The van der Waals surface area contributed by atoms with E-state index in [1.165, 1.54) is 18.2 Å². The molecule has 2 heterocycles. The number of alkyl halides is 3. The van der Waals surface area contributed by atoms with Gasteiger partial charge in [0.15, 0.2) is 0 Å². The summed E-state index contributed by atoms with van der Waals surface area (Å²) in [6.07, 6.45) is -4.78. The summed E-state index contributed by atoms with van der Waals surface area (Å²) in [6.45, 7) is 4.80. The van der Waals surface area contributed by atoms with Crippen LogP contribution in [0.25, 0.3) is 0 Å². The van der Waals surface area contributed by atoms with Gasteiger partial charge in [0.05, 0.1) is 5.69 Å². The van der Waals surface area contributed by atoms with Gasteiger partial charge in [0, 0.05) is 50.5 Å². The number of urea groups is 1. The van der Waals surface area contributed by atoms with Gasteiger partial charge < -0.3 is 19.5 Å². The van der Waals surface area contributed by atoms with Gasteiger partial charge in [0.2, 0.25) is 0 Å². The number of benzene rings is 1. The number of aromatic nitrogens is 1. The van der Waals surface area contributed by atoms with Crippen LogP contribution in [0.15, 0.2) is 34.9 Å². The summed E-state index contributed by atoms with van der Waals surface area (Å²) < 4.78 is 45.8. The highest BCUT2D eigenvalue weighted by Crippen LogP contribution is 2.25. The number of rotatable bonds is 4. The number of ether oxygens (including phenoxy) is 1. The van der Waals surface area contributed by atoms with Crippen LogP contribution in [-0.2, 0) is 6.54 Å². The van der Waals surface area contributed by atoms with Crippen molar-refractivity contribution >= 4 is 11.7 Å². The smallest absolute Gasteiger partial charge is 0.406 e. The van der Waals surface area contributed by atoms with E-state index in [0.717, 1.165) is 17.5 Å². The number of hydrogen-bond donors (Lipinski definition) is 1. The van der Waals surface area contributed by atoms with Crippen molar-refractivity contribution < 1.29 is 27.2 Å². The second kappa shape index (κ2) is 7.87. The van der Waals surface area contributed by atoms with Gasteiger partial charge in [-0.1, -0.05) is 11.2 Å². The van der Waals surface area contributed by atoms with Crippen molar-refractivity contribution in [3.8, 4) is 5.75 Å². The number of halogens is 3. The molecule has 1 saturated heterocycles. The molecule has 1 fully saturated rings. The molecule has 0 saturated carbocycles. The molecule has 1 aromatic carbocycles. The number of nitrogens with one attached hydrogen (secondary N) is 1. The Labute approximate surface area is 153 Å². The summed E-state index contributed by atoms with van der Waals surface area (Å²) in [5.74, 6) is 0.368. The van der Waals surface area contributed by atoms with Crippen molar-refractivity contribution in [1.82, 2.24) is 15.0 Å². The van der Waals surface area contributed by atoms with Gasteiger partial charge in [0.1, 0.15) is 11.5 Å². The van der Waals surface area contributed by atoms with Crippen LogP contribution in [0.5, 0.6) is 5.75 Å². The number of carbonyl (C=O) groups excluding carboxylic acids is 1. The summed E-state index contributed by atoms with van der Waals surface area (Å²) in [5, 5.41) is 6.55. The molecule has 2 amide bonds. The number of aryl methyl sites for hydroxylation is 1. The number of anilines is 1. The Bertz CT molecular complexity index is 786. The Balaban J connectivity index is 1.50. The summed E-state index contributed by atoms with van der Waals surface area (Å²) in [4.78, 5) is 16.1. The molecule has 0 aliphatic carbocycles. The van der Waals surface area contributed by atoms with Crippen LogP contribution in [-0.4, -0.2) is 53.5 Å². The third-order valence-electron chi connectivity index (χ3n) is 4.04. The summed E-state index contributed by atoms with van der Waals surface area (Å²) in [5.41, 5.74) is 1.08. The molecular formula is C17H19F3N4O3. The summed E-state index contributed by atoms with van der Waals surface area (Å²) in [6, 6.07) is 6.70. The van der Waals surface area contributed by atoms with Crippen LogP contribution in [0.2, 0.25) is 0 Å². The number of carbonyl (C=O) groups is 1. The zero-order valence-electron chi connectivity index (χ0n) is 14.6. The van der Waals surface area contributed by atoms with E-state index in [-0.39, 0.29) is 17.5 Å². The quantitative estimate of drug-likeness (QED) is 0.876. The molecule has 1 aliphatic heterocycles. The molecule has 27 heavy (non-hydrogen) atoms. The normalized spacial score (nSPS) is 15.6. The first-order valence-corrected chi connectivity index (χ1v) is 8.35. The fourth-order valence-electron chi connectivity index (χ4n) is 2.80. The lowest BCUT2D eigenvalue weighted by Gasteiger charge is -2.34. The van der Waals surface area contributed by atoms with Gasteiger partial charge in [-0.15, -0.1) is 13.2 Å². The second-order valence-corrected chi connectivity index (χ2v) is 6.20. The zero-order valence-corrected chi connectivity index (χ0v) is 14.6. The average molecular weight is 384 g/mol. The molecule has 0 bridgehead atoms. The second-order valence-electron chi connectivity index (χ2n) is 6.20. The molecule has 0 radical (unpaired) electrons. The summed E-state index contributed by atoms with van der Waals surface area (Å²) >= 11 is 0. The lowest BCUT2D eigenvalue weighted by Crippen LogP contribution is -2.49. The highest BCUT2D eigenvalue weighted by atomic mass is 19.4. The highest BCUT2D eigenvalue weighted by Gasteiger charge is 2.31. The predicted molar refractivity (Wildman–Crippen MR) is 90.2 cm³/mol. The SMILES string of the molecule is Cc1cc(CN2CCN(C(=O)Nc3cccc(OC(F)(F)F)c3)CC2)no1. The molecule has 1 aliphatic rings. The number of nitrogens with zero attached hydrogens (tertiary/aromatic N) is 3. The van der Waals surface area contributed by atoms with Crippen LogP contribution < -0.4 is 10.1 Å². The topological polar surface area (TPSA) is 70.8 Å². The molecule has 0 atom stereocenters. The lowest BCUT2D eigenvalue weighted by molar-refractivity contribution is -0.274. The molecule has 1 aromatic heterocycles. The molecule has 10 heteroatoms. The fourth-order valence-corrected chi connectivity index (χ4v) is 2.80. The Morgan fingerprint density at radius 1 is 1.26 bits per heavy atom. The highest BCUT2D eigenvalue weighted by molar-refractivity contribution is 5.89. The third kappa shape index (κ3) is 5.61. The van der Waals surface area contributed by atoms with Crippen LogP contribution in [0.1, 0.15) is 11.5 Å². The molecular weight excluding hydrogens is 365 g/mol. The van der Waals surface area contributed by atoms with Crippen LogP contribution >= 0.6 is 0 Å². The first-order valence-electron chi connectivity index (χ1n) is 8.35.